The summed E-state index contributed by atoms with van der Waals surface area (Å²) in [5.74, 6) is 0. The molecule has 0 spiro atoms. The van der Waals surface area contributed by atoms with Crippen molar-refractivity contribution in [1.29, 1.82) is 0 Å². The first-order chi connectivity index (χ1) is 25.8. The van der Waals surface area contributed by atoms with Crippen LogP contribution in [0.15, 0.2) is 199 Å². The summed E-state index contributed by atoms with van der Waals surface area (Å²) in [7, 11) is 0. The van der Waals surface area contributed by atoms with Crippen LogP contribution in [0.5, 0.6) is 0 Å². The second-order valence-corrected chi connectivity index (χ2v) is 13.2. The average Bonchev–Trinajstić information content (AvgIpc) is 3.61. The van der Waals surface area contributed by atoms with Crippen molar-refractivity contribution in [3.63, 3.8) is 0 Å². The zero-order valence-electron chi connectivity index (χ0n) is 28.3. The fourth-order valence-electron chi connectivity index (χ4n) is 7.54. The van der Waals surface area contributed by atoms with Crippen molar-refractivity contribution >= 4 is 60.7 Å². The van der Waals surface area contributed by atoms with E-state index in [1.54, 1.807) is 0 Å². The molecule has 0 aliphatic heterocycles. The number of pyridine rings is 1. The number of hydrogen-bond acceptors (Lipinski definition) is 3. The molecule has 0 unspecified atom stereocenters. The Balaban J connectivity index is 1.15. The maximum atomic E-state index is 6.59. The molecule has 0 aliphatic rings. The molecule has 0 aliphatic carbocycles. The predicted molar refractivity (Wildman–Crippen MR) is 218 cm³/mol. The average molecular weight is 665 g/mol. The Morgan fingerprint density at radius 3 is 1.58 bits per heavy atom. The van der Waals surface area contributed by atoms with Gasteiger partial charge in [-0.05, 0) is 76.9 Å². The van der Waals surface area contributed by atoms with Crippen molar-refractivity contribution in [2.24, 2.45) is 0 Å². The van der Waals surface area contributed by atoms with E-state index in [1.165, 1.54) is 22.3 Å². The van der Waals surface area contributed by atoms with Gasteiger partial charge in [0, 0.05) is 49.6 Å². The van der Waals surface area contributed by atoms with Crippen LogP contribution >= 0.6 is 0 Å². The Morgan fingerprint density at radius 2 is 0.904 bits per heavy atom. The summed E-state index contributed by atoms with van der Waals surface area (Å²) in [6.45, 7) is 0. The van der Waals surface area contributed by atoms with E-state index in [2.05, 4.69) is 187 Å². The molecule has 0 saturated heterocycles. The van der Waals surface area contributed by atoms with Crippen LogP contribution in [0.2, 0.25) is 0 Å². The molecule has 10 aromatic rings. The summed E-state index contributed by atoms with van der Waals surface area (Å²) in [6, 6.07) is 68.5. The zero-order chi connectivity index (χ0) is 34.4. The lowest BCUT2D eigenvalue weighted by atomic mass is 9.97. The molecular weight excluding hydrogens is 633 g/mol. The number of rotatable bonds is 6. The highest BCUT2D eigenvalue weighted by atomic mass is 16.3. The summed E-state index contributed by atoms with van der Waals surface area (Å²) in [5.41, 5.74) is 12.6. The summed E-state index contributed by atoms with van der Waals surface area (Å²) in [4.78, 5) is 7.64. The number of nitrogens with zero attached hydrogens (tertiary/aromatic N) is 2. The first kappa shape index (κ1) is 29.9. The second kappa shape index (κ2) is 12.4. The molecule has 2 aromatic heterocycles. The molecule has 3 nitrogen and oxygen atoms in total. The van der Waals surface area contributed by atoms with Crippen LogP contribution in [0.4, 0.5) is 17.1 Å². The minimum atomic E-state index is 0.890. The number of fused-ring (bicyclic) bond motifs is 7. The number of benzene rings is 8. The number of hydrogen-bond donors (Lipinski definition) is 0. The van der Waals surface area contributed by atoms with Gasteiger partial charge in [0.25, 0.3) is 0 Å². The third-order valence-electron chi connectivity index (χ3n) is 10.1. The molecule has 0 saturated carbocycles. The fraction of sp³-hybridized carbons (Fsp3) is 0. The van der Waals surface area contributed by atoms with Crippen LogP contribution in [-0.2, 0) is 0 Å². The second-order valence-electron chi connectivity index (χ2n) is 13.2. The number of aromatic nitrogens is 1. The van der Waals surface area contributed by atoms with E-state index < -0.39 is 0 Å². The van der Waals surface area contributed by atoms with E-state index in [0.29, 0.717) is 0 Å². The lowest BCUT2D eigenvalue weighted by Crippen LogP contribution is -2.10. The Bertz CT molecular complexity index is 2790. The molecule has 8 aromatic carbocycles. The Morgan fingerprint density at radius 1 is 0.365 bits per heavy atom. The van der Waals surface area contributed by atoms with Crippen molar-refractivity contribution in [2.75, 3.05) is 4.90 Å². The lowest BCUT2D eigenvalue weighted by Gasteiger charge is -2.26. The quantitative estimate of drug-likeness (QED) is 0.166. The molecule has 0 fully saturated rings. The smallest absolute Gasteiger partial charge is 0.144 e. The van der Waals surface area contributed by atoms with Gasteiger partial charge in [0.05, 0.1) is 11.2 Å². The van der Waals surface area contributed by atoms with Gasteiger partial charge in [0.2, 0.25) is 0 Å². The third kappa shape index (κ3) is 5.10. The van der Waals surface area contributed by atoms with E-state index in [4.69, 9.17) is 9.40 Å². The number of para-hydroxylation sites is 2. The van der Waals surface area contributed by atoms with E-state index >= 15 is 0 Å². The van der Waals surface area contributed by atoms with Gasteiger partial charge in [-0.15, -0.1) is 0 Å². The SMILES string of the molecule is c1ccc(-c2ccc(N(c3ccc(-c4ccccc4)cc3)c3cccc(-c4nc5ccccc5c5c4ccc4c6ccccc6oc45)c3)cc2)cc1. The predicted octanol–water partition coefficient (Wildman–Crippen LogP) is 13.8. The molecule has 0 atom stereocenters. The molecule has 0 bridgehead atoms. The standard InChI is InChI=1S/C49H32N2O/c1-3-12-33(13-4-1)35-22-26-38(27-23-35)51(39-28-24-36(25-29-39)34-14-5-2-6-15-34)40-17-11-16-37(32-40)48-44-31-30-42-41-18-8-10-21-46(41)52-49(42)47(44)43-19-7-9-20-45(43)50-48/h1-32H. The molecule has 3 heteroatoms. The largest absolute Gasteiger partial charge is 0.455 e. The number of furan rings is 1. The Hall–Kier alpha value is -6.97. The summed E-state index contributed by atoms with van der Waals surface area (Å²) in [5, 5.41) is 5.47. The van der Waals surface area contributed by atoms with Crippen LogP contribution in [0, 0.1) is 0 Å². The third-order valence-corrected chi connectivity index (χ3v) is 10.1. The van der Waals surface area contributed by atoms with Gasteiger partial charge in [-0.2, -0.15) is 0 Å². The van der Waals surface area contributed by atoms with E-state index in [9.17, 15) is 0 Å². The fourth-order valence-corrected chi connectivity index (χ4v) is 7.54. The molecule has 2 heterocycles. The maximum Gasteiger partial charge on any atom is 0.144 e. The normalized spacial score (nSPS) is 11.5. The van der Waals surface area contributed by atoms with Gasteiger partial charge in [-0.3, -0.25) is 0 Å². The molecule has 0 N–H and O–H groups in total. The van der Waals surface area contributed by atoms with Crippen molar-refractivity contribution < 1.29 is 4.42 Å². The minimum Gasteiger partial charge on any atom is -0.455 e. The van der Waals surface area contributed by atoms with Gasteiger partial charge in [-0.25, -0.2) is 4.98 Å². The highest BCUT2D eigenvalue weighted by Crippen LogP contribution is 2.43. The lowest BCUT2D eigenvalue weighted by molar-refractivity contribution is 0.673. The van der Waals surface area contributed by atoms with Crippen molar-refractivity contribution in [3.8, 4) is 33.5 Å². The Kier molecular flexibility index (Phi) is 7.14. The van der Waals surface area contributed by atoms with Crippen LogP contribution in [0.1, 0.15) is 0 Å². The van der Waals surface area contributed by atoms with Gasteiger partial charge < -0.3 is 9.32 Å². The van der Waals surface area contributed by atoms with Gasteiger partial charge in [0.1, 0.15) is 11.2 Å². The van der Waals surface area contributed by atoms with Crippen molar-refractivity contribution in [2.45, 2.75) is 0 Å². The summed E-state index contributed by atoms with van der Waals surface area (Å²) < 4.78 is 6.59. The van der Waals surface area contributed by atoms with E-state index in [0.717, 1.165) is 71.9 Å². The topological polar surface area (TPSA) is 29.3 Å². The van der Waals surface area contributed by atoms with Crippen LogP contribution in [-0.4, -0.2) is 4.98 Å². The molecule has 52 heavy (non-hydrogen) atoms. The first-order valence-corrected chi connectivity index (χ1v) is 17.6. The molecular formula is C49H32N2O. The monoisotopic (exact) mass is 664 g/mol. The maximum absolute atomic E-state index is 6.59. The van der Waals surface area contributed by atoms with Crippen LogP contribution < -0.4 is 4.90 Å². The highest BCUT2D eigenvalue weighted by Gasteiger charge is 2.19. The van der Waals surface area contributed by atoms with Crippen LogP contribution in [0.3, 0.4) is 0 Å². The molecule has 10 rings (SSSR count). The summed E-state index contributed by atoms with van der Waals surface area (Å²) >= 11 is 0. The first-order valence-electron chi connectivity index (χ1n) is 17.6. The van der Waals surface area contributed by atoms with Gasteiger partial charge >= 0.3 is 0 Å². The van der Waals surface area contributed by atoms with Crippen molar-refractivity contribution in [1.82, 2.24) is 4.98 Å². The van der Waals surface area contributed by atoms with Crippen LogP contribution in [0.25, 0.3) is 77.1 Å². The van der Waals surface area contributed by atoms with Gasteiger partial charge in [0.15, 0.2) is 0 Å². The minimum absolute atomic E-state index is 0.890. The summed E-state index contributed by atoms with van der Waals surface area (Å²) in [6.07, 6.45) is 0. The Labute approximate surface area is 301 Å². The van der Waals surface area contributed by atoms with E-state index in [-0.39, 0.29) is 0 Å². The highest BCUT2D eigenvalue weighted by molar-refractivity contribution is 6.24. The van der Waals surface area contributed by atoms with E-state index in [1.807, 2.05) is 12.1 Å². The number of anilines is 3. The molecule has 244 valence electrons. The van der Waals surface area contributed by atoms with Gasteiger partial charge in [-0.1, -0.05) is 140 Å². The molecule has 0 amide bonds. The molecule has 0 radical (unpaired) electrons. The van der Waals surface area contributed by atoms with Crippen molar-refractivity contribution in [3.05, 3.63) is 194 Å². The zero-order valence-corrected chi connectivity index (χ0v) is 28.3.